The van der Waals surface area contributed by atoms with Crippen LogP contribution in [0.3, 0.4) is 0 Å². The lowest BCUT2D eigenvalue weighted by molar-refractivity contribution is -0.110. The first-order chi connectivity index (χ1) is 12.1. The number of anilines is 1. The van der Waals surface area contributed by atoms with Gasteiger partial charge in [-0.1, -0.05) is 42.5 Å². The number of aromatic nitrogens is 1. The number of hydrogen-bond acceptors (Lipinski definition) is 2. The summed E-state index contributed by atoms with van der Waals surface area (Å²) in [5.74, 6) is -1.29. The Hall–Kier alpha value is -3.60. The fourth-order valence-electron chi connectivity index (χ4n) is 2.96. The summed E-state index contributed by atoms with van der Waals surface area (Å²) in [6.07, 6.45) is 3.16. The molecule has 0 atom stereocenters. The van der Waals surface area contributed by atoms with Crippen molar-refractivity contribution in [3.05, 3.63) is 78.1 Å². The number of carbonyl (C=O) groups is 2. The van der Waals surface area contributed by atoms with E-state index >= 15 is 0 Å². The fraction of sp³-hybridized carbons (Fsp3) is 0. The van der Waals surface area contributed by atoms with Crippen molar-refractivity contribution in [2.24, 2.45) is 0 Å². The highest BCUT2D eigenvalue weighted by molar-refractivity contribution is 6.34. The molecule has 3 aromatic rings. The molecule has 122 valence electrons. The molecule has 2 heterocycles. The van der Waals surface area contributed by atoms with Crippen LogP contribution in [0.25, 0.3) is 22.9 Å². The number of nitrogens with one attached hydrogen (secondary N) is 1. The van der Waals surface area contributed by atoms with Crippen LogP contribution in [0, 0.1) is 0 Å². The highest BCUT2D eigenvalue weighted by atomic mass is 16.4. The molecular weight excluding hydrogens is 316 g/mol. The molecule has 0 radical (unpaired) electrons. The average Bonchev–Trinajstić information content (AvgIpc) is 3.20. The smallest absolute Gasteiger partial charge is 0.352 e. The van der Waals surface area contributed by atoms with E-state index in [0.29, 0.717) is 5.57 Å². The van der Waals surface area contributed by atoms with Gasteiger partial charge in [0.15, 0.2) is 0 Å². The normalized spacial score (nSPS) is 14.4. The molecule has 0 fully saturated rings. The number of hydrogen-bond donors (Lipinski definition) is 2. The van der Waals surface area contributed by atoms with Crippen LogP contribution in [-0.2, 0) is 4.79 Å². The lowest BCUT2D eigenvalue weighted by Crippen LogP contribution is -2.07. The summed E-state index contributed by atoms with van der Waals surface area (Å²) in [5, 5.41) is 12.1. The highest BCUT2D eigenvalue weighted by Crippen LogP contribution is 2.35. The van der Waals surface area contributed by atoms with E-state index in [1.165, 1.54) is 10.6 Å². The van der Waals surface area contributed by atoms with E-state index in [0.717, 1.165) is 22.4 Å². The summed E-state index contributed by atoms with van der Waals surface area (Å²) >= 11 is 0. The van der Waals surface area contributed by atoms with Crippen molar-refractivity contribution >= 4 is 29.3 Å². The van der Waals surface area contributed by atoms with Crippen molar-refractivity contribution in [3.63, 3.8) is 0 Å². The molecule has 0 unspecified atom stereocenters. The first kappa shape index (κ1) is 15.0. The Labute approximate surface area is 143 Å². The van der Waals surface area contributed by atoms with Crippen molar-refractivity contribution in [1.82, 2.24) is 4.57 Å². The molecular formula is C20H14N2O3. The van der Waals surface area contributed by atoms with Crippen molar-refractivity contribution in [2.75, 3.05) is 5.32 Å². The average molecular weight is 330 g/mol. The molecule has 5 nitrogen and oxygen atoms in total. The first-order valence-electron chi connectivity index (χ1n) is 7.76. The van der Waals surface area contributed by atoms with Gasteiger partial charge in [-0.3, -0.25) is 4.79 Å². The van der Waals surface area contributed by atoms with Gasteiger partial charge in [-0.25, -0.2) is 4.79 Å². The Morgan fingerprint density at radius 2 is 1.80 bits per heavy atom. The molecule has 2 N–H and O–H groups in total. The predicted molar refractivity (Wildman–Crippen MR) is 96.1 cm³/mol. The number of fused-ring (bicyclic) bond motifs is 1. The lowest BCUT2D eigenvalue weighted by Gasteiger charge is -2.05. The topological polar surface area (TPSA) is 71.3 Å². The SMILES string of the molecule is O=C1Nc2cc(-c3ccccc3)ccc2C1=Cn1cccc1C(=O)O. The molecule has 0 bridgehead atoms. The Balaban J connectivity index is 1.77. The maximum Gasteiger partial charge on any atom is 0.352 e. The zero-order valence-electron chi connectivity index (χ0n) is 13.1. The van der Waals surface area contributed by atoms with E-state index in [2.05, 4.69) is 5.32 Å². The van der Waals surface area contributed by atoms with Gasteiger partial charge >= 0.3 is 5.97 Å². The lowest BCUT2D eigenvalue weighted by atomic mass is 10.0. The van der Waals surface area contributed by atoms with E-state index < -0.39 is 5.97 Å². The maximum absolute atomic E-state index is 12.3. The minimum Gasteiger partial charge on any atom is -0.477 e. The van der Waals surface area contributed by atoms with Crippen LogP contribution in [0.15, 0.2) is 66.9 Å². The largest absolute Gasteiger partial charge is 0.477 e. The maximum atomic E-state index is 12.3. The molecule has 1 amide bonds. The number of carboxylic acid groups (broad SMARTS) is 1. The third kappa shape index (κ3) is 2.61. The van der Waals surface area contributed by atoms with Crippen LogP contribution in [0.5, 0.6) is 0 Å². The van der Waals surface area contributed by atoms with Crippen LogP contribution in [-0.4, -0.2) is 21.6 Å². The van der Waals surface area contributed by atoms with Gasteiger partial charge in [0.2, 0.25) is 0 Å². The van der Waals surface area contributed by atoms with Crippen LogP contribution >= 0.6 is 0 Å². The molecule has 1 aliphatic heterocycles. The van der Waals surface area contributed by atoms with E-state index in [4.69, 9.17) is 0 Å². The monoisotopic (exact) mass is 330 g/mol. The Kier molecular flexibility index (Phi) is 3.47. The van der Waals surface area contributed by atoms with Crippen LogP contribution in [0.4, 0.5) is 5.69 Å². The molecule has 0 saturated carbocycles. The van der Waals surface area contributed by atoms with Gasteiger partial charge in [-0.2, -0.15) is 0 Å². The van der Waals surface area contributed by atoms with Crippen LogP contribution < -0.4 is 5.32 Å². The Morgan fingerprint density at radius 1 is 1.00 bits per heavy atom. The number of amides is 1. The predicted octanol–water partition coefficient (Wildman–Crippen LogP) is 3.80. The van der Waals surface area contributed by atoms with Gasteiger partial charge in [-0.05, 0) is 29.3 Å². The number of nitrogens with zero attached hydrogens (tertiary/aromatic N) is 1. The number of carboxylic acids is 1. The third-order valence-corrected chi connectivity index (χ3v) is 4.18. The second-order valence-electron chi connectivity index (χ2n) is 5.73. The minimum absolute atomic E-state index is 0.106. The summed E-state index contributed by atoms with van der Waals surface area (Å²) in [4.78, 5) is 23.6. The number of carbonyl (C=O) groups excluding carboxylic acids is 1. The van der Waals surface area contributed by atoms with E-state index in [-0.39, 0.29) is 11.6 Å². The zero-order valence-corrected chi connectivity index (χ0v) is 13.1. The number of aromatic carboxylic acids is 1. The fourth-order valence-corrected chi connectivity index (χ4v) is 2.96. The third-order valence-electron chi connectivity index (χ3n) is 4.18. The Morgan fingerprint density at radius 3 is 2.56 bits per heavy atom. The van der Waals surface area contributed by atoms with E-state index in [9.17, 15) is 14.7 Å². The molecule has 2 aromatic carbocycles. The summed E-state index contributed by atoms with van der Waals surface area (Å²) in [5.41, 5.74) is 4.10. The Bertz CT molecular complexity index is 1020. The highest BCUT2D eigenvalue weighted by Gasteiger charge is 2.25. The van der Waals surface area contributed by atoms with Crippen molar-refractivity contribution < 1.29 is 14.7 Å². The molecule has 1 aromatic heterocycles. The summed E-state index contributed by atoms with van der Waals surface area (Å²) < 4.78 is 1.44. The van der Waals surface area contributed by atoms with Crippen LogP contribution in [0.1, 0.15) is 16.1 Å². The van der Waals surface area contributed by atoms with Gasteiger partial charge < -0.3 is 15.0 Å². The van der Waals surface area contributed by atoms with E-state index in [1.54, 1.807) is 18.5 Å². The second kappa shape index (κ2) is 5.79. The zero-order chi connectivity index (χ0) is 17.4. The van der Waals surface area contributed by atoms with Gasteiger partial charge in [0, 0.05) is 23.6 Å². The molecule has 4 rings (SSSR count). The van der Waals surface area contributed by atoms with Crippen molar-refractivity contribution in [3.8, 4) is 11.1 Å². The van der Waals surface area contributed by atoms with Gasteiger partial charge in [0.1, 0.15) is 5.69 Å². The minimum atomic E-state index is -1.04. The summed E-state index contributed by atoms with van der Waals surface area (Å²) in [6.45, 7) is 0. The standard InChI is InChI=1S/C20H14N2O3/c23-19-16(12-22-10-4-7-18(22)20(24)25)15-9-8-14(11-17(15)21-19)13-5-2-1-3-6-13/h1-12H,(H,21,23)(H,24,25). The second-order valence-corrected chi connectivity index (χ2v) is 5.73. The summed E-state index contributed by atoms with van der Waals surface area (Å²) in [7, 11) is 0. The molecule has 5 heteroatoms. The van der Waals surface area contributed by atoms with Gasteiger partial charge in [-0.15, -0.1) is 0 Å². The van der Waals surface area contributed by atoms with Crippen molar-refractivity contribution in [1.29, 1.82) is 0 Å². The van der Waals surface area contributed by atoms with Gasteiger partial charge in [0.25, 0.3) is 5.91 Å². The quantitative estimate of drug-likeness (QED) is 0.718. The number of benzene rings is 2. The van der Waals surface area contributed by atoms with Crippen LogP contribution in [0.2, 0.25) is 0 Å². The summed E-state index contributed by atoms with van der Waals surface area (Å²) in [6, 6.07) is 18.8. The molecule has 0 saturated heterocycles. The molecule has 1 aliphatic rings. The molecule has 0 aliphatic carbocycles. The first-order valence-corrected chi connectivity index (χ1v) is 7.76. The number of rotatable bonds is 3. The van der Waals surface area contributed by atoms with E-state index in [1.807, 2.05) is 48.5 Å². The molecule has 25 heavy (non-hydrogen) atoms. The van der Waals surface area contributed by atoms with Gasteiger partial charge in [0.05, 0.1) is 5.57 Å². The van der Waals surface area contributed by atoms with Crippen molar-refractivity contribution in [2.45, 2.75) is 0 Å². The molecule has 0 spiro atoms.